The van der Waals surface area contributed by atoms with Gasteiger partial charge in [-0.3, -0.25) is 4.99 Å². The standard InChI is InChI=1S/C8H14N2/c1-7-5-10(4)8(2,3)6-9-7/h5-6H,1-4H3. The minimum atomic E-state index is 0.0828. The van der Waals surface area contributed by atoms with E-state index in [1.807, 2.05) is 13.1 Å². The average Bonchev–Trinajstić information content (AvgIpc) is 1.81. The number of nitrogens with zero attached hydrogens (tertiary/aromatic N) is 2. The molecule has 1 heterocycles. The van der Waals surface area contributed by atoms with Crippen molar-refractivity contribution in [3.8, 4) is 0 Å². The minimum Gasteiger partial charge on any atom is -0.369 e. The summed E-state index contributed by atoms with van der Waals surface area (Å²) in [6.45, 7) is 6.28. The predicted molar refractivity (Wildman–Crippen MR) is 44.1 cm³/mol. The minimum absolute atomic E-state index is 0.0828. The Kier molecular flexibility index (Phi) is 1.55. The smallest absolute Gasteiger partial charge is 0.0691 e. The first-order valence-corrected chi connectivity index (χ1v) is 3.49. The van der Waals surface area contributed by atoms with E-state index in [1.165, 1.54) is 0 Å². The Bertz CT molecular complexity index is 189. The molecule has 56 valence electrons. The Morgan fingerprint density at radius 2 is 2.10 bits per heavy atom. The number of allylic oxidation sites excluding steroid dienone is 1. The fraction of sp³-hybridized carbons (Fsp3) is 0.625. The molecule has 2 heteroatoms. The molecule has 0 atom stereocenters. The van der Waals surface area contributed by atoms with Gasteiger partial charge in [0.05, 0.1) is 11.2 Å². The number of aliphatic imine (C=N–C) groups is 1. The highest BCUT2D eigenvalue weighted by Crippen LogP contribution is 2.16. The molecule has 1 rings (SSSR count). The van der Waals surface area contributed by atoms with E-state index in [2.05, 4.69) is 37.0 Å². The summed E-state index contributed by atoms with van der Waals surface area (Å²) in [5, 5.41) is 0. The van der Waals surface area contributed by atoms with Crippen molar-refractivity contribution in [2.24, 2.45) is 4.99 Å². The molecule has 1 aliphatic rings. The molecule has 0 spiro atoms. The molecule has 0 radical (unpaired) electrons. The highest BCUT2D eigenvalue weighted by Gasteiger charge is 2.20. The van der Waals surface area contributed by atoms with Crippen LogP contribution in [0.25, 0.3) is 0 Å². The van der Waals surface area contributed by atoms with Gasteiger partial charge in [0, 0.05) is 19.5 Å². The zero-order chi connectivity index (χ0) is 7.78. The Labute approximate surface area is 62.3 Å². The van der Waals surface area contributed by atoms with E-state index in [0.717, 1.165) is 5.70 Å². The molecule has 0 saturated heterocycles. The first-order valence-electron chi connectivity index (χ1n) is 3.49. The van der Waals surface area contributed by atoms with Gasteiger partial charge in [-0.15, -0.1) is 0 Å². The lowest BCUT2D eigenvalue weighted by Gasteiger charge is -2.33. The van der Waals surface area contributed by atoms with Gasteiger partial charge in [-0.25, -0.2) is 0 Å². The molecule has 0 aromatic carbocycles. The predicted octanol–water partition coefficient (Wildman–Crippen LogP) is 1.64. The average molecular weight is 138 g/mol. The summed E-state index contributed by atoms with van der Waals surface area (Å²) in [5.41, 5.74) is 1.15. The molecular formula is C8H14N2. The summed E-state index contributed by atoms with van der Waals surface area (Å²) >= 11 is 0. The highest BCUT2D eigenvalue weighted by molar-refractivity contribution is 5.71. The lowest BCUT2D eigenvalue weighted by Crippen LogP contribution is -2.40. The molecular weight excluding hydrogens is 124 g/mol. The fourth-order valence-corrected chi connectivity index (χ4v) is 0.831. The van der Waals surface area contributed by atoms with Crippen molar-refractivity contribution in [2.75, 3.05) is 7.05 Å². The summed E-state index contributed by atoms with van der Waals surface area (Å²) in [6.07, 6.45) is 4.03. The quantitative estimate of drug-likeness (QED) is 0.497. The van der Waals surface area contributed by atoms with E-state index < -0.39 is 0 Å². The summed E-state index contributed by atoms with van der Waals surface area (Å²) < 4.78 is 0. The van der Waals surface area contributed by atoms with Crippen molar-refractivity contribution >= 4 is 6.21 Å². The zero-order valence-electron chi connectivity index (χ0n) is 7.05. The second-order valence-corrected chi connectivity index (χ2v) is 3.29. The van der Waals surface area contributed by atoms with Crippen LogP contribution in [0.15, 0.2) is 16.9 Å². The van der Waals surface area contributed by atoms with Crippen LogP contribution >= 0.6 is 0 Å². The van der Waals surface area contributed by atoms with Crippen molar-refractivity contribution in [1.29, 1.82) is 0 Å². The normalized spacial score (nSPS) is 22.8. The summed E-state index contributed by atoms with van der Waals surface area (Å²) in [4.78, 5) is 6.39. The molecule has 0 aliphatic carbocycles. The van der Waals surface area contributed by atoms with Crippen molar-refractivity contribution in [2.45, 2.75) is 26.3 Å². The van der Waals surface area contributed by atoms with Gasteiger partial charge in [0.1, 0.15) is 0 Å². The van der Waals surface area contributed by atoms with Crippen LogP contribution in [0.3, 0.4) is 0 Å². The van der Waals surface area contributed by atoms with Crippen LogP contribution in [0.1, 0.15) is 20.8 Å². The molecule has 2 nitrogen and oxygen atoms in total. The first kappa shape index (κ1) is 7.32. The van der Waals surface area contributed by atoms with Crippen LogP contribution in [0.2, 0.25) is 0 Å². The third kappa shape index (κ3) is 1.20. The Balaban J connectivity index is 2.84. The Morgan fingerprint density at radius 1 is 1.50 bits per heavy atom. The monoisotopic (exact) mass is 138 g/mol. The molecule has 0 amide bonds. The molecule has 0 fully saturated rings. The van der Waals surface area contributed by atoms with Crippen molar-refractivity contribution < 1.29 is 0 Å². The SMILES string of the molecule is CC1=CN(C)C(C)(C)C=N1. The van der Waals surface area contributed by atoms with Gasteiger partial charge in [0.25, 0.3) is 0 Å². The molecule has 10 heavy (non-hydrogen) atoms. The van der Waals surface area contributed by atoms with Gasteiger partial charge in [-0.2, -0.15) is 0 Å². The largest absolute Gasteiger partial charge is 0.369 e. The summed E-state index contributed by atoms with van der Waals surface area (Å²) in [7, 11) is 2.06. The van der Waals surface area contributed by atoms with E-state index in [0.29, 0.717) is 0 Å². The summed E-state index contributed by atoms with van der Waals surface area (Å²) in [5.74, 6) is 0. The maximum absolute atomic E-state index is 4.23. The first-order chi connectivity index (χ1) is 4.52. The molecule has 0 unspecified atom stereocenters. The molecule has 0 aromatic rings. The molecule has 0 bridgehead atoms. The number of hydrogen-bond acceptors (Lipinski definition) is 2. The van der Waals surface area contributed by atoms with Crippen LogP contribution in [0.5, 0.6) is 0 Å². The van der Waals surface area contributed by atoms with E-state index in [9.17, 15) is 0 Å². The molecule has 0 saturated carbocycles. The third-order valence-corrected chi connectivity index (χ3v) is 1.87. The van der Waals surface area contributed by atoms with Gasteiger partial charge in [0.15, 0.2) is 0 Å². The lowest BCUT2D eigenvalue weighted by molar-refractivity contribution is 0.307. The van der Waals surface area contributed by atoms with Gasteiger partial charge in [0.2, 0.25) is 0 Å². The fourth-order valence-electron chi connectivity index (χ4n) is 0.831. The van der Waals surface area contributed by atoms with Crippen molar-refractivity contribution in [1.82, 2.24) is 4.90 Å². The topological polar surface area (TPSA) is 15.6 Å². The van der Waals surface area contributed by atoms with Gasteiger partial charge >= 0.3 is 0 Å². The maximum Gasteiger partial charge on any atom is 0.0691 e. The van der Waals surface area contributed by atoms with Gasteiger partial charge < -0.3 is 4.90 Å². The van der Waals surface area contributed by atoms with E-state index in [-0.39, 0.29) is 5.54 Å². The second-order valence-electron chi connectivity index (χ2n) is 3.29. The van der Waals surface area contributed by atoms with Crippen molar-refractivity contribution in [3.05, 3.63) is 11.9 Å². The number of hydrogen-bond donors (Lipinski definition) is 0. The van der Waals surface area contributed by atoms with Crippen LogP contribution in [0.4, 0.5) is 0 Å². The van der Waals surface area contributed by atoms with Crippen LogP contribution < -0.4 is 0 Å². The van der Waals surface area contributed by atoms with E-state index >= 15 is 0 Å². The zero-order valence-corrected chi connectivity index (χ0v) is 7.05. The second kappa shape index (κ2) is 2.11. The Hall–Kier alpha value is -0.790. The van der Waals surface area contributed by atoms with Crippen LogP contribution in [-0.4, -0.2) is 23.7 Å². The maximum atomic E-state index is 4.23. The highest BCUT2D eigenvalue weighted by atomic mass is 15.2. The third-order valence-electron chi connectivity index (χ3n) is 1.87. The lowest BCUT2D eigenvalue weighted by atomic mass is 10.1. The van der Waals surface area contributed by atoms with E-state index in [4.69, 9.17) is 0 Å². The molecule has 0 N–H and O–H groups in total. The summed E-state index contributed by atoms with van der Waals surface area (Å²) in [6, 6.07) is 0. The van der Waals surface area contributed by atoms with Crippen LogP contribution in [-0.2, 0) is 0 Å². The number of rotatable bonds is 0. The van der Waals surface area contributed by atoms with E-state index in [1.54, 1.807) is 0 Å². The molecule has 1 aliphatic heterocycles. The van der Waals surface area contributed by atoms with Gasteiger partial charge in [-0.1, -0.05) is 0 Å². The molecule has 0 aromatic heterocycles. The van der Waals surface area contributed by atoms with Gasteiger partial charge in [-0.05, 0) is 20.8 Å². The van der Waals surface area contributed by atoms with Crippen LogP contribution in [0, 0.1) is 0 Å². The Morgan fingerprint density at radius 3 is 2.50 bits per heavy atom. The van der Waals surface area contributed by atoms with Crippen molar-refractivity contribution in [3.63, 3.8) is 0 Å².